The van der Waals surface area contributed by atoms with E-state index in [4.69, 9.17) is 11.5 Å². The fraction of sp³-hybridized carbons (Fsp3) is 0.500. The third-order valence-corrected chi connectivity index (χ3v) is 6.16. The molecule has 0 saturated carbocycles. The monoisotopic (exact) mass is 569 g/mol. The van der Waals surface area contributed by atoms with Gasteiger partial charge in [-0.15, -0.1) is 0 Å². The van der Waals surface area contributed by atoms with Crippen LogP contribution in [0.5, 0.6) is 0 Å². The van der Waals surface area contributed by atoms with E-state index in [0.717, 1.165) is 18.4 Å². The van der Waals surface area contributed by atoms with Crippen molar-refractivity contribution in [3.05, 3.63) is 35.9 Å². The summed E-state index contributed by atoms with van der Waals surface area (Å²) in [6.45, 7) is 1.04. The Morgan fingerprint density at radius 1 is 1.07 bits per heavy atom. The maximum atomic E-state index is 12.0. The van der Waals surface area contributed by atoms with E-state index in [1.54, 1.807) is 0 Å². The van der Waals surface area contributed by atoms with Gasteiger partial charge < -0.3 is 5.73 Å². The fourth-order valence-electron chi connectivity index (χ4n) is 2.46. The zero-order valence-corrected chi connectivity index (χ0v) is 19.5. The van der Waals surface area contributed by atoms with Gasteiger partial charge in [0.15, 0.2) is 0 Å². The molecule has 0 saturated heterocycles. The Morgan fingerprint density at radius 3 is 2.32 bits per heavy atom. The average Bonchev–Trinajstić information content (AvgIpc) is 2.68. The summed E-state index contributed by atoms with van der Waals surface area (Å²) in [4.78, 5) is 35.0. The molecule has 0 fully saturated rings. The Morgan fingerprint density at radius 2 is 1.71 bits per heavy atom. The van der Waals surface area contributed by atoms with Gasteiger partial charge in [-0.05, 0) is 12.0 Å². The molecule has 2 unspecified atom stereocenters. The molecule has 1 rings (SSSR count). The molecule has 0 spiro atoms. The number of carbonyl (C=O) groups excluding carboxylic acids is 3. The fourth-order valence-corrected chi connectivity index (χ4v) is 4.77. The number of rotatable bonds is 14. The molecule has 0 aliphatic carbocycles. The topological polar surface area (TPSA) is 139 Å². The van der Waals surface area contributed by atoms with Crippen LogP contribution in [0, 0.1) is 0 Å². The second-order valence-electron chi connectivity index (χ2n) is 6.33. The van der Waals surface area contributed by atoms with Crippen molar-refractivity contribution < 1.29 is 14.4 Å². The van der Waals surface area contributed by atoms with Crippen LogP contribution in [0.15, 0.2) is 30.3 Å². The predicted octanol–water partition coefficient (Wildman–Crippen LogP) is -0.238. The minimum absolute atomic E-state index is 0.0853. The molecular weight excluding hydrogens is 540 g/mol. The number of primary amides is 1. The summed E-state index contributed by atoms with van der Waals surface area (Å²) in [6.07, 6.45) is 2.63. The molecule has 0 bridgehead atoms. The SMILES string of the molecule is NC(=O)C(CCC(=O)NCCCCNC(=O)C(N)Cc1ccccc1)N[Se]I. The van der Waals surface area contributed by atoms with Crippen molar-refractivity contribution in [2.24, 2.45) is 11.5 Å². The average molecular weight is 568 g/mol. The van der Waals surface area contributed by atoms with Crippen LogP contribution in [0.4, 0.5) is 0 Å². The molecule has 1 aromatic rings. The van der Waals surface area contributed by atoms with Crippen LogP contribution >= 0.6 is 20.3 Å². The van der Waals surface area contributed by atoms with Gasteiger partial charge in [0.05, 0.1) is 6.04 Å². The molecule has 1 aromatic carbocycles. The van der Waals surface area contributed by atoms with E-state index in [-0.39, 0.29) is 30.2 Å². The van der Waals surface area contributed by atoms with Crippen molar-refractivity contribution in [3.63, 3.8) is 0 Å². The van der Waals surface area contributed by atoms with E-state index in [2.05, 4.69) is 35.3 Å². The van der Waals surface area contributed by atoms with E-state index in [1.165, 1.54) is 0 Å². The number of hydrogen-bond acceptors (Lipinski definition) is 5. The molecular formula is C18H28IN5O3Se. The first kappa shape index (κ1) is 24.8. The Hall–Kier alpha value is -1.20. The number of amides is 3. The number of carbonyl (C=O) groups is 3. The van der Waals surface area contributed by atoms with E-state index >= 15 is 0 Å². The first-order valence-corrected chi connectivity index (χ1v) is 15.2. The first-order valence-electron chi connectivity index (χ1n) is 9.10. The Labute approximate surface area is 183 Å². The van der Waals surface area contributed by atoms with Crippen molar-refractivity contribution >= 4 is 50.0 Å². The number of unbranched alkanes of at least 4 members (excludes halogenated alkanes) is 1. The standard InChI is InChI=1S/C18H28IN5O3Se/c19-28-24-15(17(21)26)8-9-16(25)22-10-4-5-11-23-18(27)14(20)12-13-6-2-1-3-7-13/h1-3,6-7,14-15,24H,4-5,8-12,20H2,(H2,21,26)(H,22,25)(H,23,27). The van der Waals surface area contributed by atoms with Gasteiger partial charge in [0.25, 0.3) is 0 Å². The summed E-state index contributed by atoms with van der Waals surface area (Å²) < 4.78 is 3.00. The molecule has 7 N–H and O–H groups in total. The first-order chi connectivity index (χ1) is 13.4. The molecule has 0 aliphatic rings. The summed E-state index contributed by atoms with van der Waals surface area (Å²) in [6, 6.07) is 8.62. The van der Waals surface area contributed by atoms with E-state index in [1.807, 2.05) is 30.3 Å². The van der Waals surface area contributed by atoms with Crippen LogP contribution in [-0.2, 0) is 20.8 Å². The summed E-state index contributed by atoms with van der Waals surface area (Å²) in [5.41, 5.74) is 12.2. The second kappa shape index (κ2) is 14.7. The number of benzene rings is 1. The minimum atomic E-state index is -0.571. The quantitative estimate of drug-likeness (QED) is 0.120. The van der Waals surface area contributed by atoms with Gasteiger partial charge in [-0.2, -0.15) is 0 Å². The molecule has 0 aromatic heterocycles. The summed E-state index contributed by atoms with van der Waals surface area (Å²) >= 11 is 2.23. The van der Waals surface area contributed by atoms with Crippen molar-refractivity contribution in [2.45, 2.75) is 44.2 Å². The van der Waals surface area contributed by atoms with Gasteiger partial charge in [0.2, 0.25) is 0 Å². The van der Waals surface area contributed by atoms with Crippen LogP contribution in [0.3, 0.4) is 0 Å². The summed E-state index contributed by atoms with van der Waals surface area (Å²) in [5.74, 6) is -0.717. The van der Waals surface area contributed by atoms with E-state index in [0.29, 0.717) is 25.9 Å². The second-order valence-corrected chi connectivity index (χ2v) is 9.44. The van der Waals surface area contributed by atoms with Crippen LogP contribution in [0.2, 0.25) is 0 Å². The Kier molecular flexibility index (Phi) is 13.1. The maximum absolute atomic E-state index is 12.0. The molecule has 3 amide bonds. The van der Waals surface area contributed by atoms with Gasteiger partial charge in [-0.25, -0.2) is 0 Å². The third kappa shape index (κ3) is 11.0. The van der Waals surface area contributed by atoms with Gasteiger partial charge in [-0.1, -0.05) is 30.3 Å². The normalized spacial score (nSPS) is 12.8. The van der Waals surface area contributed by atoms with Gasteiger partial charge in [-0.3, -0.25) is 4.79 Å². The van der Waals surface area contributed by atoms with E-state index in [9.17, 15) is 14.4 Å². The number of hydrogen-bond donors (Lipinski definition) is 5. The van der Waals surface area contributed by atoms with Crippen molar-refractivity contribution in [1.82, 2.24) is 15.0 Å². The Bertz CT molecular complexity index is 620. The van der Waals surface area contributed by atoms with Crippen LogP contribution in [-0.4, -0.2) is 54.8 Å². The zero-order valence-electron chi connectivity index (χ0n) is 15.7. The zero-order chi connectivity index (χ0) is 20.8. The molecule has 28 heavy (non-hydrogen) atoms. The third-order valence-electron chi connectivity index (χ3n) is 4.05. The van der Waals surface area contributed by atoms with Gasteiger partial charge in [0.1, 0.15) is 0 Å². The number of halogens is 1. The van der Waals surface area contributed by atoms with Crippen molar-refractivity contribution in [2.75, 3.05) is 13.1 Å². The number of nitrogens with two attached hydrogens (primary N) is 2. The van der Waals surface area contributed by atoms with Crippen LogP contribution in [0.1, 0.15) is 31.2 Å². The van der Waals surface area contributed by atoms with Gasteiger partial charge >= 0.3 is 125 Å². The molecule has 0 heterocycles. The molecule has 0 radical (unpaired) electrons. The molecule has 156 valence electrons. The van der Waals surface area contributed by atoms with E-state index < -0.39 is 18.0 Å². The van der Waals surface area contributed by atoms with Crippen molar-refractivity contribution in [3.8, 4) is 0 Å². The molecule has 0 aliphatic heterocycles. The van der Waals surface area contributed by atoms with Crippen LogP contribution < -0.4 is 26.4 Å². The summed E-state index contributed by atoms with van der Waals surface area (Å²) in [5, 5.41) is 5.63. The van der Waals surface area contributed by atoms with Crippen molar-refractivity contribution in [1.29, 1.82) is 0 Å². The summed E-state index contributed by atoms with van der Waals surface area (Å²) in [7, 11) is 0. The molecule has 8 nitrogen and oxygen atoms in total. The molecule has 10 heteroatoms. The van der Waals surface area contributed by atoms with Gasteiger partial charge in [0, 0.05) is 0 Å². The molecule has 2 atom stereocenters. The number of nitrogens with one attached hydrogen (secondary N) is 3. The Balaban J connectivity index is 2.09. The predicted molar refractivity (Wildman–Crippen MR) is 119 cm³/mol. The van der Waals surface area contributed by atoms with Crippen LogP contribution in [0.25, 0.3) is 0 Å².